The van der Waals surface area contributed by atoms with Gasteiger partial charge in [-0.2, -0.15) is 0 Å². The summed E-state index contributed by atoms with van der Waals surface area (Å²) in [4.78, 5) is 28.0. The molecule has 0 aliphatic rings. The first-order valence-electron chi connectivity index (χ1n) is 8.20. The van der Waals surface area contributed by atoms with Crippen LogP contribution in [0.1, 0.15) is 31.4 Å². The summed E-state index contributed by atoms with van der Waals surface area (Å²) in [5, 5.41) is 2.81. The fourth-order valence-corrected chi connectivity index (χ4v) is 2.38. The van der Waals surface area contributed by atoms with Gasteiger partial charge in [0.05, 0.1) is 0 Å². The molecular formula is C18H29N3O2. The highest BCUT2D eigenvalue weighted by molar-refractivity contribution is 6.03. The van der Waals surface area contributed by atoms with E-state index in [4.69, 9.17) is 0 Å². The van der Waals surface area contributed by atoms with Gasteiger partial charge in [-0.1, -0.05) is 31.5 Å². The minimum Gasteiger partial charge on any atom is -0.344 e. The lowest BCUT2D eigenvalue weighted by atomic mass is 10.1. The van der Waals surface area contributed by atoms with Crippen LogP contribution in [0.25, 0.3) is 0 Å². The number of carbonyl (C=O) groups is 2. The third-order valence-corrected chi connectivity index (χ3v) is 4.04. The van der Waals surface area contributed by atoms with Gasteiger partial charge >= 0.3 is 0 Å². The first-order valence-corrected chi connectivity index (χ1v) is 8.20. The predicted octanol–water partition coefficient (Wildman–Crippen LogP) is 2.43. The molecule has 0 saturated heterocycles. The Bertz CT molecular complexity index is 539. The van der Waals surface area contributed by atoms with Gasteiger partial charge in [-0.15, -0.1) is 0 Å². The number of benzene rings is 1. The molecule has 0 aromatic heterocycles. The van der Waals surface area contributed by atoms with Gasteiger partial charge in [0.2, 0.25) is 11.8 Å². The minimum absolute atomic E-state index is 0.123. The lowest BCUT2D eigenvalue weighted by Gasteiger charge is -2.23. The smallest absolute Gasteiger partial charge is 0.233 e. The molecule has 0 fully saturated rings. The zero-order valence-electron chi connectivity index (χ0n) is 15.0. The Morgan fingerprint density at radius 1 is 1.09 bits per heavy atom. The topological polar surface area (TPSA) is 52.7 Å². The Hall–Kier alpha value is -1.88. The van der Waals surface area contributed by atoms with E-state index in [9.17, 15) is 9.59 Å². The Kier molecular flexibility index (Phi) is 7.75. The van der Waals surface area contributed by atoms with Gasteiger partial charge in [-0.3, -0.25) is 9.59 Å². The highest BCUT2D eigenvalue weighted by Gasteiger charge is 2.15. The first-order chi connectivity index (χ1) is 10.9. The number of rotatable bonds is 8. The second-order valence-electron chi connectivity index (χ2n) is 5.89. The van der Waals surface area contributed by atoms with E-state index in [2.05, 4.69) is 24.1 Å². The van der Waals surface area contributed by atoms with Gasteiger partial charge in [0.1, 0.15) is 6.42 Å². The molecule has 0 bridgehead atoms. The maximum absolute atomic E-state index is 12.1. The summed E-state index contributed by atoms with van der Waals surface area (Å²) in [6, 6.07) is 5.82. The molecule has 1 aromatic rings. The normalized spacial score (nSPS) is 10.7. The molecule has 2 amide bonds. The predicted molar refractivity (Wildman–Crippen MR) is 94.6 cm³/mol. The summed E-state index contributed by atoms with van der Waals surface area (Å²) in [6.45, 7) is 11.5. The maximum Gasteiger partial charge on any atom is 0.233 e. The molecule has 0 spiro atoms. The van der Waals surface area contributed by atoms with E-state index in [0.717, 1.165) is 36.4 Å². The molecular weight excluding hydrogens is 290 g/mol. The second kappa shape index (κ2) is 9.30. The Balaban J connectivity index is 2.48. The summed E-state index contributed by atoms with van der Waals surface area (Å²) < 4.78 is 0. The van der Waals surface area contributed by atoms with E-state index in [1.54, 1.807) is 11.9 Å². The van der Waals surface area contributed by atoms with Crippen LogP contribution < -0.4 is 5.32 Å². The highest BCUT2D eigenvalue weighted by Crippen LogP contribution is 2.16. The van der Waals surface area contributed by atoms with Crippen molar-refractivity contribution in [2.24, 2.45) is 0 Å². The van der Waals surface area contributed by atoms with Crippen LogP contribution in [0.5, 0.6) is 0 Å². The van der Waals surface area contributed by atoms with Crippen molar-refractivity contribution < 1.29 is 9.59 Å². The summed E-state index contributed by atoms with van der Waals surface area (Å²) >= 11 is 0. The van der Waals surface area contributed by atoms with E-state index in [0.29, 0.717) is 6.54 Å². The molecule has 5 heteroatoms. The number of anilines is 1. The fourth-order valence-electron chi connectivity index (χ4n) is 2.38. The van der Waals surface area contributed by atoms with Crippen molar-refractivity contribution in [3.63, 3.8) is 0 Å². The van der Waals surface area contributed by atoms with Crippen LogP contribution in [-0.4, -0.2) is 54.8 Å². The largest absolute Gasteiger partial charge is 0.344 e. The molecule has 1 aromatic carbocycles. The Morgan fingerprint density at radius 3 is 2.30 bits per heavy atom. The molecule has 0 heterocycles. The van der Waals surface area contributed by atoms with Crippen molar-refractivity contribution in [3.8, 4) is 0 Å². The first kappa shape index (κ1) is 19.2. The Labute approximate surface area is 139 Å². The molecule has 0 aliphatic carbocycles. The highest BCUT2D eigenvalue weighted by atomic mass is 16.2. The molecule has 5 nitrogen and oxygen atoms in total. The Morgan fingerprint density at radius 2 is 1.74 bits per heavy atom. The summed E-state index contributed by atoms with van der Waals surface area (Å²) in [6.07, 6.45) is -0.123. The van der Waals surface area contributed by atoms with Gasteiger partial charge in [0.15, 0.2) is 0 Å². The van der Waals surface area contributed by atoms with Gasteiger partial charge in [0.25, 0.3) is 0 Å². The molecule has 0 atom stereocenters. The van der Waals surface area contributed by atoms with Crippen LogP contribution in [0.2, 0.25) is 0 Å². The number of hydrogen-bond acceptors (Lipinski definition) is 3. The standard InChI is InChI=1S/C18H29N3O2/c1-6-21(7-2)11-10-20(5)18(23)13-17(22)19-16-9-8-14(3)12-15(16)4/h8-9,12H,6-7,10-11,13H2,1-5H3,(H,19,22). The number of aryl methyl sites for hydroxylation is 2. The second-order valence-corrected chi connectivity index (χ2v) is 5.89. The zero-order chi connectivity index (χ0) is 17.4. The monoisotopic (exact) mass is 319 g/mol. The van der Waals surface area contributed by atoms with E-state index >= 15 is 0 Å². The van der Waals surface area contributed by atoms with Gasteiger partial charge in [0, 0.05) is 25.8 Å². The quantitative estimate of drug-likeness (QED) is 0.749. The number of nitrogens with one attached hydrogen (secondary N) is 1. The summed E-state index contributed by atoms with van der Waals surface area (Å²) in [7, 11) is 1.75. The lowest BCUT2D eigenvalue weighted by molar-refractivity contribution is -0.133. The van der Waals surface area contributed by atoms with Crippen LogP contribution >= 0.6 is 0 Å². The summed E-state index contributed by atoms with van der Waals surface area (Å²) in [5.41, 5.74) is 2.91. The molecule has 0 aliphatic heterocycles. The zero-order valence-corrected chi connectivity index (χ0v) is 15.0. The lowest BCUT2D eigenvalue weighted by Crippen LogP contribution is -2.37. The van der Waals surface area contributed by atoms with Crippen LogP contribution in [0.3, 0.4) is 0 Å². The van der Waals surface area contributed by atoms with E-state index in [1.807, 2.05) is 32.0 Å². The van der Waals surface area contributed by atoms with E-state index in [-0.39, 0.29) is 18.2 Å². The fraction of sp³-hybridized carbons (Fsp3) is 0.556. The van der Waals surface area contributed by atoms with Crippen LogP contribution in [0.15, 0.2) is 18.2 Å². The molecule has 1 rings (SSSR count). The number of hydrogen-bond donors (Lipinski definition) is 1. The SMILES string of the molecule is CCN(CC)CCN(C)C(=O)CC(=O)Nc1ccc(C)cc1C. The number of amides is 2. The average molecular weight is 319 g/mol. The summed E-state index contributed by atoms with van der Waals surface area (Å²) in [5.74, 6) is -0.420. The number of nitrogens with zero attached hydrogens (tertiary/aromatic N) is 2. The van der Waals surface area contributed by atoms with Crippen molar-refractivity contribution in [3.05, 3.63) is 29.3 Å². The van der Waals surface area contributed by atoms with E-state index in [1.165, 1.54) is 0 Å². The number of carbonyl (C=O) groups excluding carboxylic acids is 2. The van der Waals surface area contributed by atoms with Gasteiger partial charge in [-0.25, -0.2) is 0 Å². The molecule has 0 saturated carbocycles. The average Bonchev–Trinajstić information content (AvgIpc) is 2.50. The third kappa shape index (κ3) is 6.40. The third-order valence-electron chi connectivity index (χ3n) is 4.04. The van der Waals surface area contributed by atoms with Crippen molar-refractivity contribution in [2.75, 3.05) is 38.5 Å². The molecule has 0 radical (unpaired) electrons. The van der Waals surface area contributed by atoms with Crippen molar-refractivity contribution in [2.45, 2.75) is 34.1 Å². The van der Waals surface area contributed by atoms with Crippen molar-refractivity contribution >= 4 is 17.5 Å². The molecule has 23 heavy (non-hydrogen) atoms. The van der Waals surface area contributed by atoms with Gasteiger partial charge < -0.3 is 15.1 Å². The molecule has 1 N–H and O–H groups in total. The van der Waals surface area contributed by atoms with Crippen molar-refractivity contribution in [1.29, 1.82) is 0 Å². The minimum atomic E-state index is -0.267. The maximum atomic E-state index is 12.1. The number of likely N-dealkylation sites (N-methyl/N-ethyl adjacent to an activating group) is 2. The van der Waals surface area contributed by atoms with Crippen LogP contribution in [0.4, 0.5) is 5.69 Å². The molecule has 128 valence electrons. The van der Waals surface area contributed by atoms with Crippen LogP contribution in [0, 0.1) is 13.8 Å². The molecule has 0 unspecified atom stereocenters. The van der Waals surface area contributed by atoms with E-state index < -0.39 is 0 Å². The van der Waals surface area contributed by atoms with Crippen LogP contribution in [-0.2, 0) is 9.59 Å². The van der Waals surface area contributed by atoms with Crippen molar-refractivity contribution in [1.82, 2.24) is 9.80 Å². The van der Waals surface area contributed by atoms with Gasteiger partial charge in [-0.05, 0) is 38.6 Å².